The van der Waals surface area contributed by atoms with Crippen LogP contribution in [0.4, 0.5) is 0 Å². The molecule has 0 radical (unpaired) electrons. The Morgan fingerprint density at radius 2 is 1.82 bits per heavy atom. The first kappa shape index (κ1) is 14.0. The Balaban J connectivity index is 2.98. The van der Waals surface area contributed by atoms with Crippen LogP contribution >= 0.6 is 11.6 Å². The molecule has 0 aliphatic rings. The Morgan fingerprint density at radius 3 is 2.24 bits per heavy atom. The number of benzene rings is 1. The molecule has 17 heavy (non-hydrogen) atoms. The van der Waals surface area contributed by atoms with Crippen molar-refractivity contribution in [2.24, 2.45) is 5.41 Å². The van der Waals surface area contributed by atoms with Crippen molar-refractivity contribution in [3.8, 4) is 0 Å². The summed E-state index contributed by atoms with van der Waals surface area (Å²) in [6.07, 6.45) is 0.751. The van der Waals surface area contributed by atoms with E-state index >= 15 is 0 Å². The van der Waals surface area contributed by atoms with Gasteiger partial charge in [-0.05, 0) is 29.5 Å². The normalized spacial score (nSPS) is 13.2. The Labute approximate surface area is 108 Å². The lowest BCUT2D eigenvalue weighted by Gasteiger charge is -2.24. The van der Waals surface area contributed by atoms with E-state index in [4.69, 9.17) is 16.3 Å². The van der Waals surface area contributed by atoms with Gasteiger partial charge in [0.05, 0.1) is 13.0 Å². The monoisotopic (exact) mass is 254 g/mol. The highest BCUT2D eigenvalue weighted by atomic mass is 35.5. The molecule has 1 aromatic rings. The average molecular weight is 255 g/mol. The lowest BCUT2D eigenvalue weighted by Crippen LogP contribution is -2.20. The van der Waals surface area contributed by atoms with Crippen LogP contribution in [0.3, 0.4) is 0 Å². The number of halogens is 1. The zero-order valence-electron chi connectivity index (χ0n) is 10.8. The fourth-order valence-corrected chi connectivity index (χ4v) is 1.91. The van der Waals surface area contributed by atoms with Gasteiger partial charge in [0, 0.05) is 5.02 Å². The number of carbonyl (C=O) groups is 1. The first-order valence-electron chi connectivity index (χ1n) is 5.67. The summed E-state index contributed by atoms with van der Waals surface area (Å²) in [5, 5.41) is 0.674. The Bertz CT molecular complexity index is 376. The predicted molar refractivity (Wildman–Crippen MR) is 70.3 cm³/mol. The third-order valence-corrected chi connectivity index (χ3v) is 2.83. The minimum Gasteiger partial charge on any atom is -0.469 e. The molecule has 0 heterocycles. The largest absolute Gasteiger partial charge is 0.469 e. The average Bonchev–Trinajstić information content (AvgIpc) is 2.25. The highest BCUT2D eigenvalue weighted by Crippen LogP contribution is 2.32. The van der Waals surface area contributed by atoms with Gasteiger partial charge >= 0.3 is 5.97 Å². The zero-order valence-corrected chi connectivity index (χ0v) is 11.5. The molecule has 0 fully saturated rings. The molecule has 1 atom stereocenters. The van der Waals surface area contributed by atoms with Crippen LogP contribution in [0.5, 0.6) is 0 Å². The summed E-state index contributed by atoms with van der Waals surface area (Å²) in [5.74, 6) is -0.417. The molecular weight excluding hydrogens is 236 g/mol. The smallest absolute Gasteiger partial charge is 0.313 e. The molecule has 0 spiro atoms. The Kier molecular flexibility index (Phi) is 4.58. The Morgan fingerprint density at radius 1 is 1.29 bits per heavy atom. The summed E-state index contributed by atoms with van der Waals surface area (Å²) in [4.78, 5) is 11.8. The van der Waals surface area contributed by atoms with Gasteiger partial charge < -0.3 is 4.74 Å². The molecule has 0 aliphatic carbocycles. The van der Waals surface area contributed by atoms with Gasteiger partial charge in [0.15, 0.2) is 0 Å². The molecule has 0 aromatic heterocycles. The van der Waals surface area contributed by atoms with E-state index in [9.17, 15) is 4.79 Å². The zero-order chi connectivity index (χ0) is 13.1. The van der Waals surface area contributed by atoms with Crippen molar-refractivity contribution in [1.29, 1.82) is 0 Å². The summed E-state index contributed by atoms with van der Waals surface area (Å²) in [6.45, 7) is 6.33. The minimum absolute atomic E-state index is 0.0679. The van der Waals surface area contributed by atoms with Crippen molar-refractivity contribution in [3.63, 3.8) is 0 Å². The topological polar surface area (TPSA) is 26.3 Å². The molecule has 0 bridgehead atoms. The molecule has 3 heteroatoms. The van der Waals surface area contributed by atoms with Crippen LogP contribution in [-0.2, 0) is 9.53 Å². The third-order valence-electron chi connectivity index (χ3n) is 2.57. The molecule has 0 N–H and O–H groups in total. The van der Waals surface area contributed by atoms with Crippen LogP contribution in [-0.4, -0.2) is 13.1 Å². The SMILES string of the molecule is COC(=O)C(CC(C)(C)C)c1ccc(Cl)cc1. The summed E-state index contributed by atoms with van der Waals surface area (Å²) >= 11 is 5.85. The maximum atomic E-state index is 11.8. The highest BCUT2D eigenvalue weighted by Gasteiger charge is 2.27. The number of esters is 1. The first-order chi connectivity index (χ1) is 7.83. The minimum atomic E-state index is -0.225. The van der Waals surface area contributed by atoms with Crippen molar-refractivity contribution in [1.82, 2.24) is 0 Å². The quantitative estimate of drug-likeness (QED) is 0.761. The van der Waals surface area contributed by atoms with Crippen LogP contribution in [0.2, 0.25) is 5.02 Å². The van der Waals surface area contributed by atoms with Crippen LogP contribution in [0.1, 0.15) is 38.7 Å². The number of hydrogen-bond donors (Lipinski definition) is 0. The molecular formula is C14H19ClO2. The van der Waals surface area contributed by atoms with Crippen LogP contribution in [0, 0.1) is 5.41 Å². The van der Waals surface area contributed by atoms with Gasteiger partial charge in [-0.15, -0.1) is 0 Å². The van der Waals surface area contributed by atoms with Gasteiger partial charge in [-0.3, -0.25) is 4.79 Å². The van der Waals surface area contributed by atoms with E-state index in [0.29, 0.717) is 5.02 Å². The lowest BCUT2D eigenvalue weighted by molar-refractivity contribution is -0.143. The second-order valence-corrected chi connectivity index (χ2v) is 5.83. The van der Waals surface area contributed by atoms with Crippen molar-refractivity contribution in [3.05, 3.63) is 34.9 Å². The number of rotatable bonds is 3. The molecule has 1 rings (SSSR count). The fourth-order valence-electron chi connectivity index (χ4n) is 1.79. The summed E-state index contributed by atoms with van der Waals surface area (Å²) in [7, 11) is 1.42. The van der Waals surface area contributed by atoms with Crippen molar-refractivity contribution >= 4 is 17.6 Å². The third kappa shape index (κ3) is 4.39. The molecule has 1 aromatic carbocycles. The van der Waals surface area contributed by atoms with Crippen LogP contribution in [0.25, 0.3) is 0 Å². The van der Waals surface area contributed by atoms with E-state index in [-0.39, 0.29) is 17.3 Å². The van der Waals surface area contributed by atoms with E-state index in [1.54, 1.807) is 12.1 Å². The van der Waals surface area contributed by atoms with E-state index in [1.165, 1.54) is 7.11 Å². The van der Waals surface area contributed by atoms with Gasteiger partial charge in [0.2, 0.25) is 0 Å². The number of ether oxygens (including phenoxy) is 1. The molecule has 1 unspecified atom stereocenters. The maximum absolute atomic E-state index is 11.8. The van der Waals surface area contributed by atoms with Crippen molar-refractivity contribution < 1.29 is 9.53 Å². The van der Waals surface area contributed by atoms with E-state index in [2.05, 4.69) is 20.8 Å². The van der Waals surface area contributed by atoms with Gasteiger partial charge in [0.1, 0.15) is 0 Å². The molecule has 94 valence electrons. The second-order valence-electron chi connectivity index (χ2n) is 5.39. The van der Waals surface area contributed by atoms with Gasteiger partial charge in [-0.25, -0.2) is 0 Å². The van der Waals surface area contributed by atoms with Crippen molar-refractivity contribution in [2.45, 2.75) is 33.1 Å². The van der Waals surface area contributed by atoms with Crippen LogP contribution < -0.4 is 0 Å². The molecule has 0 saturated heterocycles. The second kappa shape index (κ2) is 5.54. The van der Waals surface area contributed by atoms with Gasteiger partial charge in [-0.1, -0.05) is 44.5 Å². The number of methoxy groups -OCH3 is 1. The van der Waals surface area contributed by atoms with Crippen molar-refractivity contribution in [2.75, 3.05) is 7.11 Å². The number of hydrogen-bond acceptors (Lipinski definition) is 2. The predicted octanol–water partition coefficient (Wildman–Crippen LogP) is 4.03. The summed E-state index contributed by atoms with van der Waals surface area (Å²) < 4.78 is 4.87. The molecule has 0 amide bonds. The summed E-state index contributed by atoms with van der Waals surface area (Å²) in [6, 6.07) is 7.37. The first-order valence-corrected chi connectivity index (χ1v) is 6.04. The molecule has 0 saturated carbocycles. The lowest BCUT2D eigenvalue weighted by atomic mass is 9.81. The maximum Gasteiger partial charge on any atom is 0.313 e. The highest BCUT2D eigenvalue weighted by molar-refractivity contribution is 6.30. The summed E-state index contributed by atoms with van der Waals surface area (Å²) in [5.41, 5.74) is 1.02. The van der Waals surface area contributed by atoms with E-state index < -0.39 is 0 Å². The molecule has 2 nitrogen and oxygen atoms in total. The van der Waals surface area contributed by atoms with E-state index in [1.807, 2.05) is 12.1 Å². The van der Waals surface area contributed by atoms with Gasteiger partial charge in [0.25, 0.3) is 0 Å². The molecule has 0 aliphatic heterocycles. The standard InChI is InChI=1S/C14H19ClO2/c1-14(2,3)9-12(13(16)17-4)10-5-7-11(15)8-6-10/h5-8,12H,9H2,1-4H3. The number of carbonyl (C=O) groups excluding carboxylic acids is 1. The van der Waals surface area contributed by atoms with Crippen LogP contribution in [0.15, 0.2) is 24.3 Å². The fraction of sp³-hybridized carbons (Fsp3) is 0.500. The Hall–Kier alpha value is -1.02. The van der Waals surface area contributed by atoms with E-state index in [0.717, 1.165) is 12.0 Å². The van der Waals surface area contributed by atoms with Gasteiger partial charge in [-0.2, -0.15) is 0 Å².